The first-order valence-electron chi connectivity index (χ1n) is 8.21. The summed E-state index contributed by atoms with van der Waals surface area (Å²) in [5.41, 5.74) is 1.19. The second kappa shape index (κ2) is 7.34. The zero-order chi connectivity index (χ0) is 17.8. The van der Waals surface area contributed by atoms with Crippen molar-refractivity contribution in [3.63, 3.8) is 0 Å². The molecule has 1 aliphatic rings. The molecule has 0 saturated heterocycles. The van der Waals surface area contributed by atoms with Gasteiger partial charge in [0.05, 0.1) is 5.69 Å². The lowest BCUT2D eigenvalue weighted by Crippen LogP contribution is -2.46. The van der Waals surface area contributed by atoms with Gasteiger partial charge in [0, 0.05) is 18.7 Å². The van der Waals surface area contributed by atoms with Gasteiger partial charge in [0.15, 0.2) is 6.10 Å². The zero-order valence-electron chi connectivity index (χ0n) is 13.9. The number of benzene rings is 2. The molecule has 1 atom stereocenters. The molecule has 1 unspecified atom stereocenters. The summed E-state index contributed by atoms with van der Waals surface area (Å²) in [6.45, 7) is 2.14. The molecule has 0 bridgehead atoms. The summed E-state index contributed by atoms with van der Waals surface area (Å²) < 4.78 is 18.6. The highest BCUT2D eigenvalue weighted by molar-refractivity contribution is 6.01. The number of amides is 2. The van der Waals surface area contributed by atoms with Crippen LogP contribution in [0.25, 0.3) is 0 Å². The van der Waals surface area contributed by atoms with Crippen LogP contribution in [0.5, 0.6) is 5.75 Å². The van der Waals surface area contributed by atoms with E-state index in [1.807, 2.05) is 25.1 Å². The maximum Gasteiger partial charge on any atom is 0.268 e. The van der Waals surface area contributed by atoms with Gasteiger partial charge in [0.25, 0.3) is 5.91 Å². The molecule has 130 valence electrons. The first-order chi connectivity index (χ1) is 12.1. The third-order valence-electron chi connectivity index (χ3n) is 4.03. The Labute approximate surface area is 145 Å². The molecule has 0 spiro atoms. The van der Waals surface area contributed by atoms with Crippen molar-refractivity contribution >= 4 is 23.2 Å². The number of carbonyl (C=O) groups is 2. The van der Waals surface area contributed by atoms with Crippen molar-refractivity contribution in [3.8, 4) is 5.75 Å². The third-order valence-corrected chi connectivity index (χ3v) is 4.03. The molecule has 0 fully saturated rings. The maximum atomic E-state index is 12.9. The molecule has 2 amide bonds. The summed E-state index contributed by atoms with van der Waals surface area (Å²) in [5, 5.41) is 2.70. The Morgan fingerprint density at radius 1 is 1.20 bits per heavy atom. The summed E-state index contributed by atoms with van der Waals surface area (Å²) >= 11 is 0. The van der Waals surface area contributed by atoms with Gasteiger partial charge in [-0.2, -0.15) is 0 Å². The predicted octanol–water partition coefficient (Wildman–Crippen LogP) is 3.36. The van der Waals surface area contributed by atoms with E-state index in [4.69, 9.17) is 4.74 Å². The van der Waals surface area contributed by atoms with Gasteiger partial charge in [-0.25, -0.2) is 4.39 Å². The molecular weight excluding hydrogens is 323 g/mol. The van der Waals surface area contributed by atoms with Gasteiger partial charge >= 0.3 is 0 Å². The van der Waals surface area contributed by atoms with E-state index < -0.39 is 6.10 Å². The molecular formula is C19H19FN2O3. The maximum absolute atomic E-state index is 12.9. The molecule has 6 heteroatoms. The molecule has 0 saturated carbocycles. The Morgan fingerprint density at radius 3 is 2.64 bits per heavy atom. The van der Waals surface area contributed by atoms with E-state index >= 15 is 0 Å². The number of nitrogens with zero attached hydrogens (tertiary/aromatic N) is 1. The quantitative estimate of drug-likeness (QED) is 0.906. The zero-order valence-corrected chi connectivity index (χ0v) is 13.9. The van der Waals surface area contributed by atoms with Gasteiger partial charge in [-0.15, -0.1) is 0 Å². The van der Waals surface area contributed by atoms with Crippen LogP contribution >= 0.6 is 0 Å². The molecule has 3 rings (SSSR count). The number of para-hydroxylation sites is 2. The molecule has 0 aromatic heterocycles. The number of anilines is 2. The van der Waals surface area contributed by atoms with E-state index in [-0.39, 0.29) is 30.6 Å². The summed E-state index contributed by atoms with van der Waals surface area (Å²) in [4.78, 5) is 26.3. The minimum atomic E-state index is -0.532. The van der Waals surface area contributed by atoms with Crippen molar-refractivity contribution in [1.82, 2.24) is 0 Å². The van der Waals surface area contributed by atoms with Crippen LogP contribution < -0.4 is 15.0 Å². The summed E-state index contributed by atoms with van der Waals surface area (Å²) in [7, 11) is 0. The van der Waals surface area contributed by atoms with Crippen LogP contribution in [-0.4, -0.2) is 24.5 Å². The van der Waals surface area contributed by atoms with Crippen molar-refractivity contribution in [2.24, 2.45) is 0 Å². The number of nitrogens with one attached hydrogen (secondary N) is 1. The van der Waals surface area contributed by atoms with E-state index in [2.05, 4.69) is 5.32 Å². The Hall–Kier alpha value is -2.89. The third kappa shape index (κ3) is 3.79. The second-order valence-corrected chi connectivity index (χ2v) is 5.78. The van der Waals surface area contributed by atoms with Crippen LogP contribution in [0.1, 0.15) is 19.8 Å². The average Bonchev–Trinajstić information content (AvgIpc) is 2.62. The minimum absolute atomic E-state index is 0.133. The molecule has 2 aromatic carbocycles. The van der Waals surface area contributed by atoms with Crippen molar-refractivity contribution in [3.05, 3.63) is 54.3 Å². The summed E-state index contributed by atoms with van der Waals surface area (Å²) in [5.74, 6) is -0.0979. The smallest absolute Gasteiger partial charge is 0.268 e. The van der Waals surface area contributed by atoms with Gasteiger partial charge in [-0.3, -0.25) is 9.59 Å². The van der Waals surface area contributed by atoms with Crippen molar-refractivity contribution in [2.45, 2.75) is 25.9 Å². The van der Waals surface area contributed by atoms with E-state index in [0.29, 0.717) is 23.5 Å². The number of carbonyl (C=O) groups excluding carboxylic acids is 2. The van der Waals surface area contributed by atoms with E-state index in [0.717, 1.165) is 0 Å². The van der Waals surface area contributed by atoms with Crippen LogP contribution in [0, 0.1) is 5.82 Å². The van der Waals surface area contributed by atoms with E-state index in [1.165, 1.54) is 24.3 Å². The van der Waals surface area contributed by atoms with Crippen LogP contribution in [0.3, 0.4) is 0 Å². The molecule has 25 heavy (non-hydrogen) atoms. The number of ether oxygens (including phenoxy) is 1. The molecule has 1 aliphatic heterocycles. The standard InChI is InChI=1S/C19H19FN2O3/c1-2-16-19(24)22(15-5-3-4-6-17(15)25-16)12-11-18(23)21-14-9-7-13(20)8-10-14/h3-10,16H,2,11-12H2,1H3,(H,21,23). The Bertz CT molecular complexity index is 776. The first kappa shape index (κ1) is 17.0. The van der Waals surface area contributed by atoms with E-state index in [1.54, 1.807) is 11.0 Å². The van der Waals surface area contributed by atoms with Crippen LogP contribution in [0.4, 0.5) is 15.8 Å². The van der Waals surface area contributed by atoms with Crippen molar-refractivity contribution in [2.75, 3.05) is 16.8 Å². The molecule has 2 aromatic rings. The van der Waals surface area contributed by atoms with Gasteiger partial charge in [0.2, 0.25) is 5.91 Å². The normalized spacial score (nSPS) is 16.2. The average molecular weight is 342 g/mol. The second-order valence-electron chi connectivity index (χ2n) is 5.78. The molecule has 1 N–H and O–H groups in total. The molecule has 0 radical (unpaired) electrons. The lowest BCUT2D eigenvalue weighted by molar-refractivity contribution is -0.126. The summed E-state index contributed by atoms with van der Waals surface area (Å²) in [6.07, 6.45) is 0.161. The minimum Gasteiger partial charge on any atom is -0.478 e. The van der Waals surface area contributed by atoms with Gasteiger partial charge < -0.3 is 15.0 Å². The molecule has 0 aliphatic carbocycles. The molecule has 1 heterocycles. The lowest BCUT2D eigenvalue weighted by atomic mass is 10.1. The van der Waals surface area contributed by atoms with Gasteiger partial charge in [-0.1, -0.05) is 19.1 Å². The Morgan fingerprint density at radius 2 is 1.92 bits per heavy atom. The number of fused-ring (bicyclic) bond motifs is 1. The number of rotatable bonds is 5. The van der Waals surface area contributed by atoms with E-state index in [9.17, 15) is 14.0 Å². The fourth-order valence-electron chi connectivity index (χ4n) is 2.73. The topological polar surface area (TPSA) is 58.6 Å². The Balaban J connectivity index is 1.67. The molecule has 5 nitrogen and oxygen atoms in total. The SMILES string of the molecule is CCC1Oc2ccccc2N(CCC(=O)Nc2ccc(F)cc2)C1=O. The van der Waals surface area contributed by atoms with Crippen LogP contribution in [0.15, 0.2) is 48.5 Å². The lowest BCUT2D eigenvalue weighted by Gasteiger charge is -2.33. The fraction of sp³-hybridized carbons (Fsp3) is 0.263. The van der Waals surface area contributed by atoms with Gasteiger partial charge in [0.1, 0.15) is 11.6 Å². The highest BCUT2D eigenvalue weighted by atomic mass is 19.1. The van der Waals surface area contributed by atoms with Gasteiger partial charge in [-0.05, 0) is 42.8 Å². The van der Waals surface area contributed by atoms with Crippen LogP contribution in [-0.2, 0) is 9.59 Å². The number of halogens is 1. The van der Waals surface area contributed by atoms with Crippen molar-refractivity contribution < 1.29 is 18.7 Å². The van der Waals surface area contributed by atoms with Crippen molar-refractivity contribution in [1.29, 1.82) is 0 Å². The predicted molar refractivity (Wildman–Crippen MR) is 93.1 cm³/mol. The fourth-order valence-corrected chi connectivity index (χ4v) is 2.73. The summed E-state index contributed by atoms with van der Waals surface area (Å²) in [6, 6.07) is 12.8. The number of hydrogen-bond donors (Lipinski definition) is 1. The monoisotopic (exact) mass is 342 g/mol. The van der Waals surface area contributed by atoms with Crippen LogP contribution in [0.2, 0.25) is 0 Å². The Kier molecular flexibility index (Phi) is 4.97. The highest BCUT2D eigenvalue weighted by Gasteiger charge is 2.33. The number of hydrogen-bond acceptors (Lipinski definition) is 3. The largest absolute Gasteiger partial charge is 0.478 e. The highest BCUT2D eigenvalue weighted by Crippen LogP contribution is 2.34. The first-order valence-corrected chi connectivity index (χ1v) is 8.21.